The summed E-state index contributed by atoms with van der Waals surface area (Å²) in [7, 11) is 0. The second-order valence-electron chi connectivity index (χ2n) is 6.59. The number of imidazole rings is 1. The second kappa shape index (κ2) is 6.45. The molecule has 1 saturated heterocycles. The van der Waals surface area contributed by atoms with Crippen LogP contribution in [0.1, 0.15) is 12.5 Å². The van der Waals surface area contributed by atoms with Crippen LogP contribution in [0.4, 0.5) is 9.18 Å². The zero-order chi connectivity index (χ0) is 19.9. The van der Waals surface area contributed by atoms with Crippen LogP contribution >= 0.6 is 0 Å². The van der Waals surface area contributed by atoms with E-state index in [1.807, 2.05) is 6.07 Å². The minimum atomic E-state index is -1.37. The van der Waals surface area contributed by atoms with Crippen molar-refractivity contribution < 1.29 is 18.8 Å². The van der Waals surface area contributed by atoms with Crippen LogP contribution in [0.25, 0.3) is 11.0 Å². The molecule has 4 amide bonds. The molecule has 0 radical (unpaired) electrons. The maximum Gasteiger partial charge on any atom is 0.325 e. The number of imide groups is 1. The molecule has 2 N–H and O–H groups in total. The molecule has 1 fully saturated rings. The third kappa shape index (κ3) is 2.86. The monoisotopic (exact) mass is 381 g/mol. The van der Waals surface area contributed by atoms with E-state index in [0.29, 0.717) is 16.6 Å². The third-order valence-electron chi connectivity index (χ3n) is 4.70. The Balaban J connectivity index is 1.51. The molecule has 9 heteroatoms. The Morgan fingerprint density at radius 1 is 1.18 bits per heavy atom. The summed E-state index contributed by atoms with van der Waals surface area (Å²) in [4.78, 5) is 42.5. The van der Waals surface area contributed by atoms with E-state index in [1.54, 1.807) is 18.2 Å². The molecule has 1 aliphatic heterocycles. The highest BCUT2D eigenvalue weighted by molar-refractivity contribution is 6.09. The summed E-state index contributed by atoms with van der Waals surface area (Å²) in [6.45, 7) is 1.05. The minimum absolute atomic E-state index is 0.427. The number of nitrogens with one attached hydrogen (secondary N) is 2. The van der Waals surface area contributed by atoms with Crippen molar-refractivity contribution in [2.45, 2.75) is 12.5 Å². The number of nitrogens with zero attached hydrogens (tertiary/aromatic N) is 3. The van der Waals surface area contributed by atoms with Gasteiger partial charge in [0, 0.05) is 0 Å². The van der Waals surface area contributed by atoms with Crippen molar-refractivity contribution in [3.63, 3.8) is 0 Å². The smallest absolute Gasteiger partial charge is 0.319 e. The number of para-hydroxylation sites is 2. The van der Waals surface area contributed by atoms with Crippen LogP contribution in [0.3, 0.4) is 0 Å². The van der Waals surface area contributed by atoms with Gasteiger partial charge in [0.1, 0.15) is 24.2 Å². The standard InChI is InChI=1S/C19H16FN5O3/c1-19(12-6-8-13(20)9-7-12)17(27)24(18(28)22-19)10-16(26)23-25-11-21-14-4-2-3-5-15(14)25/h2-9,11H,10H2,1H3,(H,22,28)(H,23,26). The van der Waals surface area contributed by atoms with Crippen molar-refractivity contribution in [3.8, 4) is 0 Å². The molecule has 1 aliphatic rings. The number of amides is 4. The molecule has 0 saturated carbocycles. The van der Waals surface area contributed by atoms with Gasteiger partial charge < -0.3 is 5.32 Å². The summed E-state index contributed by atoms with van der Waals surface area (Å²) >= 11 is 0. The predicted octanol–water partition coefficient (Wildman–Crippen LogP) is 1.71. The van der Waals surface area contributed by atoms with Crippen molar-refractivity contribution in [1.82, 2.24) is 19.9 Å². The lowest BCUT2D eigenvalue weighted by atomic mass is 9.92. The van der Waals surface area contributed by atoms with Gasteiger partial charge in [0.15, 0.2) is 0 Å². The maximum atomic E-state index is 13.2. The van der Waals surface area contributed by atoms with Crippen LogP contribution in [0.5, 0.6) is 0 Å². The first-order chi connectivity index (χ1) is 13.4. The number of hydrogen-bond acceptors (Lipinski definition) is 4. The molecule has 142 valence electrons. The van der Waals surface area contributed by atoms with Crippen molar-refractivity contribution >= 4 is 28.9 Å². The van der Waals surface area contributed by atoms with Crippen molar-refractivity contribution in [3.05, 3.63) is 66.2 Å². The summed E-state index contributed by atoms with van der Waals surface area (Å²) in [5.41, 5.74) is 3.04. The Labute approximate surface area is 158 Å². The Morgan fingerprint density at radius 2 is 1.89 bits per heavy atom. The second-order valence-corrected chi connectivity index (χ2v) is 6.59. The first kappa shape index (κ1) is 17.7. The quantitative estimate of drug-likeness (QED) is 0.673. The number of rotatable bonds is 4. The zero-order valence-corrected chi connectivity index (χ0v) is 14.8. The van der Waals surface area contributed by atoms with Gasteiger partial charge >= 0.3 is 6.03 Å². The summed E-state index contributed by atoms with van der Waals surface area (Å²) < 4.78 is 14.6. The molecule has 3 aromatic rings. The first-order valence-electron chi connectivity index (χ1n) is 8.50. The first-order valence-corrected chi connectivity index (χ1v) is 8.50. The van der Waals surface area contributed by atoms with Gasteiger partial charge in [0.25, 0.3) is 11.8 Å². The number of benzene rings is 2. The lowest BCUT2D eigenvalue weighted by Gasteiger charge is -2.22. The average Bonchev–Trinajstić information content (AvgIpc) is 3.17. The minimum Gasteiger partial charge on any atom is -0.319 e. The van der Waals surface area contributed by atoms with Crippen LogP contribution in [-0.4, -0.2) is 39.0 Å². The number of aromatic nitrogens is 2. The highest BCUT2D eigenvalue weighted by atomic mass is 19.1. The summed E-state index contributed by atoms with van der Waals surface area (Å²) in [6.07, 6.45) is 1.44. The van der Waals surface area contributed by atoms with Crippen molar-refractivity contribution in [1.29, 1.82) is 0 Å². The zero-order valence-electron chi connectivity index (χ0n) is 14.8. The van der Waals surface area contributed by atoms with Gasteiger partial charge in [-0.05, 0) is 36.8 Å². The van der Waals surface area contributed by atoms with E-state index >= 15 is 0 Å². The van der Waals surface area contributed by atoms with E-state index in [-0.39, 0.29) is 0 Å². The Morgan fingerprint density at radius 3 is 2.64 bits per heavy atom. The van der Waals surface area contributed by atoms with Gasteiger partial charge in [-0.3, -0.25) is 19.9 Å². The fourth-order valence-electron chi connectivity index (χ4n) is 3.18. The van der Waals surface area contributed by atoms with E-state index in [4.69, 9.17) is 0 Å². The van der Waals surface area contributed by atoms with Crippen LogP contribution in [0.2, 0.25) is 0 Å². The fourth-order valence-corrected chi connectivity index (χ4v) is 3.18. The van der Waals surface area contributed by atoms with E-state index in [1.165, 1.54) is 42.2 Å². The fraction of sp³-hybridized carbons (Fsp3) is 0.158. The van der Waals surface area contributed by atoms with Gasteiger partial charge in [0.2, 0.25) is 0 Å². The van der Waals surface area contributed by atoms with Gasteiger partial charge in [0.05, 0.1) is 11.0 Å². The van der Waals surface area contributed by atoms with Crippen molar-refractivity contribution in [2.75, 3.05) is 12.0 Å². The van der Waals surface area contributed by atoms with Gasteiger partial charge in [-0.1, -0.05) is 24.3 Å². The third-order valence-corrected chi connectivity index (χ3v) is 4.70. The normalized spacial score (nSPS) is 19.1. The molecule has 0 spiro atoms. The molecule has 2 aromatic carbocycles. The molecular formula is C19H16FN5O3. The number of carbonyl (C=O) groups is 3. The lowest BCUT2D eigenvalue weighted by Crippen LogP contribution is -2.42. The number of carbonyl (C=O) groups excluding carboxylic acids is 3. The topological polar surface area (TPSA) is 96.3 Å². The molecule has 28 heavy (non-hydrogen) atoms. The number of hydrogen-bond donors (Lipinski definition) is 2. The predicted molar refractivity (Wildman–Crippen MR) is 98.1 cm³/mol. The molecule has 0 bridgehead atoms. The summed E-state index contributed by atoms with van der Waals surface area (Å²) in [5, 5.41) is 2.58. The Kier molecular flexibility index (Phi) is 4.07. The van der Waals surface area contributed by atoms with E-state index < -0.39 is 35.7 Å². The molecule has 1 aromatic heterocycles. The van der Waals surface area contributed by atoms with Gasteiger partial charge in [-0.25, -0.2) is 18.8 Å². The maximum absolute atomic E-state index is 13.2. The van der Waals surface area contributed by atoms with E-state index in [0.717, 1.165) is 4.90 Å². The number of halogens is 1. The molecule has 2 heterocycles. The molecule has 8 nitrogen and oxygen atoms in total. The van der Waals surface area contributed by atoms with Crippen molar-refractivity contribution in [2.24, 2.45) is 0 Å². The molecule has 4 rings (SSSR count). The molecule has 1 atom stereocenters. The lowest BCUT2D eigenvalue weighted by molar-refractivity contribution is -0.133. The Bertz CT molecular complexity index is 1090. The summed E-state index contributed by atoms with van der Waals surface area (Å²) in [6, 6.07) is 11.8. The molecule has 0 aliphatic carbocycles. The molecular weight excluding hydrogens is 365 g/mol. The summed E-state index contributed by atoms with van der Waals surface area (Å²) in [5.74, 6) is -1.60. The van der Waals surface area contributed by atoms with E-state index in [9.17, 15) is 18.8 Å². The number of fused-ring (bicyclic) bond motifs is 1. The SMILES string of the molecule is CC1(c2ccc(F)cc2)NC(=O)N(CC(=O)Nn2cnc3ccccc32)C1=O. The van der Waals surface area contributed by atoms with Gasteiger partial charge in [-0.2, -0.15) is 0 Å². The Hall–Kier alpha value is -3.75. The van der Waals surface area contributed by atoms with Crippen LogP contribution in [0.15, 0.2) is 54.9 Å². The van der Waals surface area contributed by atoms with Gasteiger partial charge in [-0.15, -0.1) is 0 Å². The average molecular weight is 381 g/mol. The van der Waals surface area contributed by atoms with Crippen LogP contribution < -0.4 is 10.7 Å². The molecule has 1 unspecified atom stereocenters. The van der Waals surface area contributed by atoms with E-state index in [2.05, 4.69) is 15.7 Å². The van der Waals surface area contributed by atoms with Crippen LogP contribution in [-0.2, 0) is 15.1 Å². The highest BCUT2D eigenvalue weighted by Crippen LogP contribution is 2.28. The highest BCUT2D eigenvalue weighted by Gasteiger charge is 2.49. The van der Waals surface area contributed by atoms with Crippen LogP contribution in [0, 0.1) is 5.82 Å². The number of urea groups is 1. The largest absolute Gasteiger partial charge is 0.325 e.